The van der Waals surface area contributed by atoms with Crippen molar-refractivity contribution in [1.82, 2.24) is 10.6 Å². The van der Waals surface area contributed by atoms with Gasteiger partial charge in [0.25, 0.3) is 0 Å². The van der Waals surface area contributed by atoms with Gasteiger partial charge in [0.05, 0.1) is 0 Å². The predicted octanol–water partition coefficient (Wildman–Crippen LogP) is 2.30. The number of nitrogens with one attached hydrogen (secondary N) is 2. The van der Waals surface area contributed by atoms with Gasteiger partial charge in [-0.25, -0.2) is 0 Å². The average Bonchev–Trinajstić information content (AvgIpc) is 2.44. The van der Waals surface area contributed by atoms with Crippen molar-refractivity contribution in [1.29, 1.82) is 0 Å². The van der Waals surface area contributed by atoms with E-state index in [4.69, 9.17) is 0 Å². The lowest BCUT2D eigenvalue weighted by atomic mass is 9.85. The van der Waals surface area contributed by atoms with E-state index in [-0.39, 0.29) is 0 Å². The lowest BCUT2D eigenvalue weighted by molar-refractivity contribution is 0.173. The van der Waals surface area contributed by atoms with E-state index in [1.165, 1.54) is 45.1 Å². The third kappa shape index (κ3) is 2.73. The maximum absolute atomic E-state index is 3.95. The van der Waals surface area contributed by atoms with E-state index in [0.29, 0.717) is 11.6 Å². The molecule has 1 aliphatic heterocycles. The van der Waals surface area contributed by atoms with Crippen molar-refractivity contribution < 1.29 is 0 Å². The average molecular weight is 210 g/mol. The molecule has 1 saturated carbocycles. The fraction of sp³-hybridized carbons (Fsp3) is 1.00. The second-order valence-corrected chi connectivity index (χ2v) is 5.82. The highest BCUT2D eigenvalue weighted by Gasteiger charge is 2.36. The molecule has 0 aromatic rings. The van der Waals surface area contributed by atoms with E-state index in [0.717, 1.165) is 12.5 Å². The molecule has 1 heterocycles. The summed E-state index contributed by atoms with van der Waals surface area (Å²) in [5.74, 6) is 0.748. The van der Waals surface area contributed by atoms with E-state index >= 15 is 0 Å². The maximum Gasteiger partial charge on any atom is 0.0309 e. The Kier molecular flexibility index (Phi) is 3.68. The monoisotopic (exact) mass is 210 g/mol. The van der Waals surface area contributed by atoms with Crippen molar-refractivity contribution in [2.45, 2.75) is 64.0 Å². The summed E-state index contributed by atoms with van der Waals surface area (Å²) in [6, 6.07) is 0.678. The molecular formula is C13H26N2. The number of hydrogen-bond donors (Lipinski definition) is 2. The minimum absolute atomic E-state index is 0.434. The topological polar surface area (TPSA) is 24.1 Å². The molecule has 1 spiro atoms. The quantitative estimate of drug-likeness (QED) is 0.694. The standard InChI is InChI=1S/C13H26N2/c1-11(2)12-9-14-10-13(15-12)7-5-3-4-6-8-13/h11-12,14-15H,3-10H2,1-2H3. The zero-order chi connectivity index (χ0) is 10.7. The van der Waals surface area contributed by atoms with Crippen molar-refractivity contribution in [3.63, 3.8) is 0 Å². The summed E-state index contributed by atoms with van der Waals surface area (Å²) in [5, 5.41) is 7.59. The Bertz CT molecular complexity index is 193. The van der Waals surface area contributed by atoms with Gasteiger partial charge < -0.3 is 10.6 Å². The fourth-order valence-corrected chi connectivity index (χ4v) is 3.09. The molecule has 2 rings (SSSR count). The molecule has 0 aromatic heterocycles. The lowest BCUT2D eigenvalue weighted by Gasteiger charge is -2.44. The molecule has 0 amide bonds. The van der Waals surface area contributed by atoms with Gasteiger partial charge in [0.15, 0.2) is 0 Å². The summed E-state index contributed by atoms with van der Waals surface area (Å²) >= 11 is 0. The first-order chi connectivity index (χ1) is 7.22. The van der Waals surface area contributed by atoms with Gasteiger partial charge in [0, 0.05) is 24.7 Å². The number of piperazine rings is 1. The highest BCUT2D eigenvalue weighted by Crippen LogP contribution is 2.29. The van der Waals surface area contributed by atoms with Crippen molar-refractivity contribution >= 4 is 0 Å². The summed E-state index contributed by atoms with van der Waals surface area (Å²) in [4.78, 5) is 0. The van der Waals surface area contributed by atoms with E-state index in [1.807, 2.05) is 0 Å². The third-order valence-electron chi connectivity index (χ3n) is 4.18. The third-order valence-corrected chi connectivity index (χ3v) is 4.18. The molecule has 1 aliphatic carbocycles. The molecule has 1 saturated heterocycles. The highest BCUT2D eigenvalue weighted by atomic mass is 15.1. The van der Waals surface area contributed by atoms with Crippen LogP contribution in [0.15, 0.2) is 0 Å². The van der Waals surface area contributed by atoms with Crippen LogP contribution in [-0.2, 0) is 0 Å². The SMILES string of the molecule is CC(C)C1CNCC2(CCCCCC2)N1. The Morgan fingerprint density at radius 1 is 1.07 bits per heavy atom. The minimum atomic E-state index is 0.434. The molecule has 2 heteroatoms. The van der Waals surface area contributed by atoms with Crippen LogP contribution in [0.4, 0.5) is 0 Å². The number of hydrogen-bond acceptors (Lipinski definition) is 2. The Balaban J connectivity index is 1.99. The molecule has 0 aromatic carbocycles. The summed E-state index contributed by atoms with van der Waals surface area (Å²) < 4.78 is 0. The van der Waals surface area contributed by atoms with Gasteiger partial charge in [-0.3, -0.25) is 0 Å². The van der Waals surface area contributed by atoms with Crippen LogP contribution >= 0.6 is 0 Å². The second kappa shape index (κ2) is 4.84. The van der Waals surface area contributed by atoms with Gasteiger partial charge in [0.2, 0.25) is 0 Å². The molecule has 15 heavy (non-hydrogen) atoms. The molecule has 2 fully saturated rings. The van der Waals surface area contributed by atoms with Crippen LogP contribution in [0.3, 0.4) is 0 Å². The first-order valence-corrected chi connectivity index (χ1v) is 6.70. The van der Waals surface area contributed by atoms with E-state index in [2.05, 4.69) is 24.5 Å². The Morgan fingerprint density at radius 2 is 1.73 bits per heavy atom. The molecule has 2 nitrogen and oxygen atoms in total. The summed E-state index contributed by atoms with van der Waals surface area (Å²) in [5.41, 5.74) is 0.434. The van der Waals surface area contributed by atoms with Crippen molar-refractivity contribution in [3.05, 3.63) is 0 Å². The summed E-state index contributed by atoms with van der Waals surface area (Å²) in [6.45, 7) is 7.00. The summed E-state index contributed by atoms with van der Waals surface area (Å²) in [7, 11) is 0. The Morgan fingerprint density at radius 3 is 2.33 bits per heavy atom. The van der Waals surface area contributed by atoms with Crippen LogP contribution in [0.25, 0.3) is 0 Å². The maximum atomic E-state index is 3.95. The van der Waals surface area contributed by atoms with Crippen molar-refractivity contribution in [3.8, 4) is 0 Å². The normalized spacial score (nSPS) is 31.8. The molecular weight excluding hydrogens is 184 g/mol. The van der Waals surface area contributed by atoms with E-state index in [1.54, 1.807) is 0 Å². The van der Waals surface area contributed by atoms with E-state index in [9.17, 15) is 0 Å². The van der Waals surface area contributed by atoms with Crippen LogP contribution in [0, 0.1) is 5.92 Å². The smallest absolute Gasteiger partial charge is 0.0309 e. The zero-order valence-corrected chi connectivity index (χ0v) is 10.3. The highest BCUT2D eigenvalue weighted by molar-refractivity contribution is 4.98. The molecule has 2 aliphatic rings. The van der Waals surface area contributed by atoms with Crippen LogP contribution in [0.2, 0.25) is 0 Å². The van der Waals surface area contributed by atoms with Crippen LogP contribution in [0.5, 0.6) is 0 Å². The van der Waals surface area contributed by atoms with Crippen LogP contribution < -0.4 is 10.6 Å². The minimum Gasteiger partial charge on any atom is -0.313 e. The Hall–Kier alpha value is -0.0800. The number of rotatable bonds is 1. The van der Waals surface area contributed by atoms with Gasteiger partial charge in [-0.2, -0.15) is 0 Å². The van der Waals surface area contributed by atoms with Gasteiger partial charge >= 0.3 is 0 Å². The van der Waals surface area contributed by atoms with Crippen LogP contribution in [-0.4, -0.2) is 24.7 Å². The molecule has 88 valence electrons. The lowest BCUT2D eigenvalue weighted by Crippen LogP contribution is -2.64. The first-order valence-electron chi connectivity index (χ1n) is 6.70. The first kappa shape index (κ1) is 11.4. The predicted molar refractivity (Wildman–Crippen MR) is 65.1 cm³/mol. The Labute approximate surface area is 94.2 Å². The zero-order valence-electron chi connectivity index (χ0n) is 10.3. The molecule has 0 bridgehead atoms. The molecule has 1 unspecified atom stereocenters. The van der Waals surface area contributed by atoms with Crippen molar-refractivity contribution in [2.75, 3.05) is 13.1 Å². The fourth-order valence-electron chi connectivity index (χ4n) is 3.09. The van der Waals surface area contributed by atoms with Crippen LogP contribution in [0.1, 0.15) is 52.4 Å². The molecule has 0 radical (unpaired) electrons. The van der Waals surface area contributed by atoms with Gasteiger partial charge in [0.1, 0.15) is 0 Å². The largest absolute Gasteiger partial charge is 0.313 e. The van der Waals surface area contributed by atoms with Gasteiger partial charge in [-0.1, -0.05) is 39.5 Å². The van der Waals surface area contributed by atoms with Gasteiger partial charge in [-0.15, -0.1) is 0 Å². The van der Waals surface area contributed by atoms with E-state index < -0.39 is 0 Å². The summed E-state index contributed by atoms with van der Waals surface area (Å²) in [6.07, 6.45) is 8.47. The van der Waals surface area contributed by atoms with Gasteiger partial charge in [-0.05, 0) is 18.8 Å². The molecule has 2 N–H and O–H groups in total. The molecule has 1 atom stereocenters. The van der Waals surface area contributed by atoms with Crippen molar-refractivity contribution in [2.24, 2.45) is 5.92 Å². The second-order valence-electron chi connectivity index (χ2n) is 5.82.